The molecular formula is C15H22O2. The molecule has 0 amide bonds. The first-order valence-electron chi connectivity index (χ1n) is 7.04. The molecule has 2 heteroatoms. The van der Waals surface area contributed by atoms with Crippen LogP contribution in [0.3, 0.4) is 0 Å². The molecule has 94 valence electrons. The standard InChI is InChI=1S/C15H22O2/c1-3-13(15(16)17-2)14-11-5-9-4-10(7-11)8-12(14)6-9/h9-12H,3-8H2,1-2H3. The number of methoxy groups -OCH3 is 1. The molecule has 17 heavy (non-hydrogen) atoms. The van der Waals surface area contributed by atoms with Crippen LogP contribution in [0.1, 0.15) is 45.4 Å². The van der Waals surface area contributed by atoms with Crippen LogP contribution in [0.5, 0.6) is 0 Å². The number of carbonyl (C=O) groups is 1. The van der Waals surface area contributed by atoms with Gasteiger partial charge in [-0.25, -0.2) is 4.79 Å². The zero-order valence-electron chi connectivity index (χ0n) is 10.9. The molecule has 0 radical (unpaired) electrons. The van der Waals surface area contributed by atoms with E-state index in [1.165, 1.54) is 44.8 Å². The van der Waals surface area contributed by atoms with Crippen molar-refractivity contribution in [3.8, 4) is 0 Å². The molecule has 0 N–H and O–H groups in total. The Morgan fingerprint density at radius 3 is 2.06 bits per heavy atom. The second-order valence-electron chi connectivity index (χ2n) is 6.08. The van der Waals surface area contributed by atoms with Crippen LogP contribution in [0.25, 0.3) is 0 Å². The summed E-state index contributed by atoms with van der Waals surface area (Å²) < 4.78 is 4.96. The maximum absolute atomic E-state index is 11.9. The van der Waals surface area contributed by atoms with Crippen molar-refractivity contribution in [1.82, 2.24) is 0 Å². The number of rotatable bonds is 2. The highest BCUT2D eigenvalue weighted by atomic mass is 16.5. The number of hydrogen-bond acceptors (Lipinski definition) is 2. The van der Waals surface area contributed by atoms with Crippen molar-refractivity contribution < 1.29 is 9.53 Å². The Morgan fingerprint density at radius 2 is 1.65 bits per heavy atom. The molecule has 4 saturated carbocycles. The Bertz CT molecular complexity index is 337. The molecule has 4 rings (SSSR count). The molecule has 0 saturated heterocycles. The fourth-order valence-electron chi connectivity index (χ4n) is 4.77. The summed E-state index contributed by atoms with van der Waals surface area (Å²) in [5.41, 5.74) is 2.49. The number of allylic oxidation sites excluding steroid dienone is 1. The molecular weight excluding hydrogens is 212 g/mol. The van der Waals surface area contributed by atoms with Gasteiger partial charge in [-0.2, -0.15) is 0 Å². The van der Waals surface area contributed by atoms with Crippen LogP contribution in [0, 0.1) is 23.7 Å². The van der Waals surface area contributed by atoms with Gasteiger partial charge in [-0.3, -0.25) is 0 Å². The maximum atomic E-state index is 11.9. The van der Waals surface area contributed by atoms with E-state index in [9.17, 15) is 4.79 Å². The topological polar surface area (TPSA) is 26.3 Å². The first-order valence-corrected chi connectivity index (χ1v) is 7.04. The predicted molar refractivity (Wildman–Crippen MR) is 66.4 cm³/mol. The molecule has 2 nitrogen and oxygen atoms in total. The van der Waals surface area contributed by atoms with Crippen LogP contribution >= 0.6 is 0 Å². The van der Waals surface area contributed by atoms with Crippen molar-refractivity contribution in [2.75, 3.05) is 7.11 Å². The van der Waals surface area contributed by atoms with E-state index in [0.29, 0.717) is 11.8 Å². The minimum absolute atomic E-state index is 0.0741. The quantitative estimate of drug-likeness (QED) is 0.541. The highest BCUT2D eigenvalue weighted by Gasteiger charge is 2.46. The summed E-state index contributed by atoms with van der Waals surface area (Å²) in [4.78, 5) is 11.9. The third-order valence-corrected chi connectivity index (χ3v) is 5.15. The Morgan fingerprint density at radius 1 is 1.12 bits per heavy atom. The Kier molecular flexibility index (Phi) is 2.76. The van der Waals surface area contributed by atoms with Crippen LogP contribution in [-0.2, 0) is 9.53 Å². The van der Waals surface area contributed by atoms with Gasteiger partial charge in [0.1, 0.15) is 0 Å². The van der Waals surface area contributed by atoms with Crippen LogP contribution in [0.15, 0.2) is 11.1 Å². The lowest BCUT2D eigenvalue weighted by Gasteiger charge is -2.52. The third kappa shape index (κ3) is 1.73. The van der Waals surface area contributed by atoms with Crippen LogP contribution in [-0.4, -0.2) is 13.1 Å². The van der Waals surface area contributed by atoms with Gasteiger partial charge in [-0.05, 0) is 62.2 Å². The lowest BCUT2D eigenvalue weighted by molar-refractivity contribution is -0.136. The second kappa shape index (κ2) is 4.15. The van der Waals surface area contributed by atoms with Crippen molar-refractivity contribution in [2.24, 2.45) is 23.7 Å². The van der Waals surface area contributed by atoms with Gasteiger partial charge in [-0.15, -0.1) is 0 Å². The monoisotopic (exact) mass is 234 g/mol. The molecule has 0 aromatic rings. The van der Waals surface area contributed by atoms with Crippen molar-refractivity contribution in [2.45, 2.75) is 45.4 Å². The van der Waals surface area contributed by atoms with Crippen LogP contribution in [0.4, 0.5) is 0 Å². The zero-order valence-corrected chi connectivity index (χ0v) is 10.9. The van der Waals surface area contributed by atoms with Gasteiger partial charge in [0, 0.05) is 5.57 Å². The summed E-state index contributed by atoms with van der Waals surface area (Å²) >= 11 is 0. The second-order valence-corrected chi connectivity index (χ2v) is 6.08. The lowest BCUT2D eigenvalue weighted by Crippen LogP contribution is -2.41. The first-order chi connectivity index (χ1) is 8.22. The highest BCUT2D eigenvalue weighted by molar-refractivity contribution is 5.89. The van der Waals surface area contributed by atoms with Crippen molar-refractivity contribution in [3.63, 3.8) is 0 Å². The van der Waals surface area contributed by atoms with E-state index in [4.69, 9.17) is 4.74 Å². The summed E-state index contributed by atoms with van der Waals surface area (Å²) in [6, 6.07) is 0. The van der Waals surface area contributed by atoms with Gasteiger partial charge < -0.3 is 4.74 Å². The Balaban J connectivity index is 1.96. The van der Waals surface area contributed by atoms with E-state index in [0.717, 1.165) is 23.8 Å². The number of hydrogen-bond donors (Lipinski definition) is 0. The normalized spacial score (nSPS) is 38.4. The number of carbonyl (C=O) groups excluding carboxylic acids is 1. The average molecular weight is 234 g/mol. The average Bonchev–Trinajstić information content (AvgIpc) is 2.32. The maximum Gasteiger partial charge on any atom is 0.333 e. The Hall–Kier alpha value is -0.790. The first kappa shape index (κ1) is 11.3. The van der Waals surface area contributed by atoms with E-state index in [2.05, 4.69) is 6.92 Å². The summed E-state index contributed by atoms with van der Waals surface area (Å²) in [7, 11) is 1.51. The molecule has 4 aliphatic rings. The van der Waals surface area contributed by atoms with Crippen molar-refractivity contribution >= 4 is 5.97 Å². The van der Waals surface area contributed by atoms with Gasteiger partial charge in [0.2, 0.25) is 0 Å². The van der Waals surface area contributed by atoms with Gasteiger partial charge >= 0.3 is 5.97 Å². The van der Waals surface area contributed by atoms with Gasteiger partial charge in [0.25, 0.3) is 0 Å². The molecule has 0 aromatic carbocycles. The van der Waals surface area contributed by atoms with E-state index < -0.39 is 0 Å². The highest BCUT2D eigenvalue weighted by Crippen LogP contribution is 2.57. The minimum atomic E-state index is -0.0741. The molecule has 4 bridgehead atoms. The predicted octanol–water partition coefficient (Wildman–Crippen LogP) is 3.32. The fourth-order valence-corrected chi connectivity index (χ4v) is 4.77. The van der Waals surface area contributed by atoms with E-state index in [-0.39, 0.29) is 5.97 Å². The summed E-state index contributed by atoms with van der Waals surface area (Å²) in [6.07, 6.45) is 7.64. The molecule has 0 atom stereocenters. The number of esters is 1. The van der Waals surface area contributed by atoms with E-state index >= 15 is 0 Å². The third-order valence-electron chi connectivity index (χ3n) is 5.15. The lowest BCUT2D eigenvalue weighted by atomic mass is 9.53. The van der Waals surface area contributed by atoms with Gasteiger partial charge in [0.15, 0.2) is 0 Å². The fraction of sp³-hybridized carbons (Fsp3) is 0.800. The van der Waals surface area contributed by atoms with Gasteiger partial charge in [-0.1, -0.05) is 12.5 Å². The largest absolute Gasteiger partial charge is 0.466 e. The summed E-state index contributed by atoms with van der Waals surface area (Å²) in [5.74, 6) is 3.25. The molecule has 4 fully saturated rings. The SMILES string of the molecule is CCC(C(=O)OC)=C1C2CC3CC(C2)CC1C3. The minimum Gasteiger partial charge on any atom is -0.466 e. The summed E-state index contributed by atoms with van der Waals surface area (Å²) in [5, 5.41) is 0. The number of ether oxygens (including phenoxy) is 1. The van der Waals surface area contributed by atoms with E-state index in [1.807, 2.05) is 0 Å². The Labute approximate surface area is 103 Å². The molecule has 0 spiro atoms. The van der Waals surface area contributed by atoms with Crippen LogP contribution < -0.4 is 0 Å². The molecule has 0 aliphatic heterocycles. The molecule has 0 aromatic heterocycles. The van der Waals surface area contributed by atoms with Crippen LogP contribution in [0.2, 0.25) is 0 Å². The summed E-state index contributed by atoms with van der Waals surface area (Å²) in [6.45, 7) is 2.09. The molecule has 0 unspecified atom stereocenters. The van der Waals surface area contributed by atoms with Crippen molar-refractivity contribution in [1.29, 1.82) is 0 Å². The molecule has 0 heterocycles. The zero-order chi connectivity index (χ0) is 12.0. The van der Waals surface area contributed by atoms with Crippen molar-refractivity contribution in [3.05, 3.63) is 11.1 Å². The van der Waals surface area contributed by atoms with Gasteiger partial charge in [0.05, 0.1) is 7.11 Å². The smallest absolute Gasteiger partial charge is 0.333 e. The van der Waals surface area contributed by atoms with E-state index in [1.54, 1.807) is 0 Å². The molecule has 4 aliphatic carbocycles.